The maximum Gasteiger partial charge on any atom is 0.277 e. The monoisotopic (exact) mass is 351 g/mol. The fourth-order valence-electron chi connectivity index (χ4n) is 2.57. The maximum absolute atomic E-state index is 12.6. The van der Waals surface area contributed by atoms with E-state index in [0.29, 0.717) is 16.9 Å². The zero-order valence-electron chi connectivity index (χ0n) is 13.8. The molecule has 0 bridgehead atoms. The predicted octanol–water partition coefficient (Wildman–Crippen LogP) is 1.60. The van der Waals surface area contributed by atoms with Gasteiger partial charge in [-0.1, -0.05) is 30.3 Å². The predicted molar refractivity (Wildman–Crippen MR) is 96.3 cm³/mol. The lowest BCUT2D eigenvalue weighted by Crippen LogP contribution is -2.34. The van der Waals surface area contributed by atoms with Crippen molar-refractivity contribution in [2.75, 3.05) is 23.8 Å². The second-order valence-electron chi connectivity index (χ2n) is 5.57. The van der Waals surface area contributed by atoms with Gasteiger partial charge in [-0.25, -0.2) is 0 Å². The number of para-hydroxylation sites is 2. The summed E-state index contributed by atoms with van der Waals surface area (Å²) in [6.07, 6.45) is 1.16. The summed E-state index contributed by atoms with van der Waals surface area (Å²) in [5, 5.41) is 14.6. The summed E-state index contributed by atoms with van der Waals surface area (Å²) in [4.78, 5) is 37.6. The van der Waals surface area contributed by atoms with E-state index in [0.717, 1.165) is 11.0 Å². The van der Waals surface area contributed by atoms with Crippen molar-refractivity contribution in [3.8, 4) is 0 Å². The highest BCUT2D eigenvalue weighted by Crippen LogP contribution is 2.22. The molecule has 0 saturated heterocycles. The molecular weight excluding hydrogens is 334 g/mol. The molecule has 2 aromatic rings. The highest BCUT2D eigenvalue weighted by atomic mass is 16.3. The van der Waals surface area contributed by atoms with Gasteiger partial charge in [-0.05, 0) is 24.3 Å². The minimum Gasteiger partial charge on any atom is -0.395 e. The number of nitrogens with zero attached hydrogens (tertiary/aromatic N) is 1. The molecule has 3 N–H and O–H groups in total. The Morgan fingerprint density at radius 1 is 1.00 bits per heavy atom. The van der Waals surface area contributed by atoms with E-state index in [-0.39, 0.29) is 24.8 Å². The van der Waals surface area contributed by atoms with Gasteiger partial charge < -0.3 is 15.7 Å². The normalized spacial score (nSPS) is 13.6. The molecule has 132 valence electrons. The van der Waals surface area contributed by atoms with Crippen molar-refractivity contribution < 1.29 is 19.5 Å². The Labute approximate surface area is 149 Å². The van der Waals surface area contributed by atoms with Gasteiger partial charge in [-0.15, -0.1) is 0 Å². The number of carbonyl (C=O) groups is 3. The van der Waals surface area contributed by atoms with Crippen LogP contribution >= 0.6 is 0 Å². The van der Waals surface area contributed by atoms with Gasteiger partial charge in [0.25, 0.3) is 17.7 Å². The summed E-state index contributed by atoms with van der Waals surface area (Å²) in [5.41, 5.74) is 1.44. The second kappa shape index (κ2) is 7.62. The van der Waals surface area contributed by atoms with Crippen LogP contribution in [0.5, 0.6) is 0 Å². The lowest BCUT2D eigenvalue weighted by molar-refractivity contribution is -0.137. The Kier molecular flexibility index (Phi) is 5.09. The smallest absolute Gasteiger partial charge is 0.277 e. The molecule has 0 spiro atoms. The van der Waals surface area contributed by atoms with Crippen molar-refractivity contribution in [1.29, 1.82) is 0 Å². The Morgan fingerprint density at radius 3 is 2.42 bits per heavy atom. The maximum atomic E-state index is 12.6. The molecule has 0 atom stereocenters. The van der Waals surface area contributed by atoms with Crippen molar-refractivity contribution in [1.82, 2.24) is 4.90 Å². The summed E-state index contributed by atoms with van der Waals surface area (Å²) in [6, 6.07) is 15.7. The molecule has 0 aromatic heterocycles. The summed E-state index contributed by atoms with van der Waals surface area (Å²) >= 11 is 0. The van der Waals surface area contributed by atoms with Crippen LogP contribution in [0.3, 0.4) is 0 Å². The standard InChI is InChI=1S/C19H17N3O4/c23-11-10-22-17(24)12-16(19(22)26)21-15-9-5-4-8-14(15)18(25)20-13-6-2-1-3-7-13/h1-9,12,21,23H,10-11H2,(H,20,25). The van der Waals surface area contributed by atoms with E-state index < -0.39 is 11.8 Å². The molecule has 1 aliphatic heterocycles. The highest BCUT2D eigenvalue weighted by molar-refractivity contribution is 6.18. The first kappa shape index (κ1) is 17.4. The molecule has 0 aliphatic carbocycles. The molecular formula is C19H17N3O4. The van der Waals surface area contributed by atoms with Gasteiger partial charge >= 0.3 is 0 Å². The van der Waals surface area contributed by atoms with Crippen LogP contribution in [0.2, 0.25) is 0 Å². The summed E-state index contributed by atoms with van der Waals surface area (Å²) in [5.74, 6) is -1.39. The van der Waals surface area contributed by atoms with E-state index in [2.05, 4.69) is 10.6 Å². The van der Waals surface area contributed by atoms with Crippen LogP contribution in [0.25, 0.3) is 0 Å². The van der Waals surface area contributed by atoms with E-state index in [1.54, 1.807) is 36.4 Å². The zero-order chi connectivity index (χ0) is 18.5. The first-order valence-electron chi connectivity index (χ1n) is 8.01. The Morgan fingerprint density at radius 2 is 1.69 bits per heavy atom. The topological polar surface area (TPSA) is 98.7 Å². The second-order valence-corrected chi connectivity index (χ2v) is 5.57. The average Bonchev–Trinajstić information content (AvgIpc) is 2.91. The number of aliphatic hydroxyl groups is 1. The fraction of sp³-hybridized carbons (Fsp3) is 0.105. The van der Waals surface area contributed by atoms with Crippen LogP contribution in [-0.2, 0) is 9.59 Å². The minimum atomic E-state index is -0.540. The summed E-state index contributed by atoms with van der Waals surface area (Å²) < 4.78 is 0. The number of nitrogens with one attached hydrogen (secondary N) is 2. The zero-order valence-corrected chi connectivity index (χ0v) is 13.8. The van der Waals surface area contributed by atoms with Crippen LogP contribution < -0.4 is 10.6 Å². The summed E-state index contributed by atoms with van der Waals surface area (Å²) in [6.45, 7) is -0.385. The number of carbonyl (C=O) groups excluding carboxylic acids is 3. The highest BCUT2D eigenvalue weighted by Gasteiger charge is 2.31. The molecule has 7 nitrogen and oxygen atoms in total. The SMILES string of the molecule is O=C(Nc1ccccc1)c1ccccc1NC1=CC(=O)N(CCO)C1=O. The number of β-amino-alcohol motifs (C(OH)–C–C–N with tert-alkyl or cyclic N) is 1. The Bertz CT molecular complexity index is 877. The lowest BCUT2D eigenvalue weighted by atomic mass is 10.1. The van der Waals surface area contributed by atoms with Gasteiger partial charge in [0.05, 0.1) is 24.4 Å². The molecule has 0 fully saturated rings. The molecule has 2 aromatic carbocycles. The Hall–Kier alpha value is -3.45. The lowest BCUT2D eigenvalue weighted by Gasteiger charge is -2.15. The van der Waals surface area contributed by atoms with Gasteiger partial charge in [-0.3, -0.25) is 19.3 Å². The van der Waals surface area contributed by atoms with Crippen LogP contribution in [0.1, 0.15) is 10.4 Å². The van der Waals surface area contributed by atoms with E-state index in [9.17, 15) is 14.4 Å². The van der Waals surface area contributed by atoms with Gasteiger partial charge in [-0.2, -0.15) is 0 Å². The summed E-state index contributed by atoms with van der Waals surface area (Å²) in [7, 11) is 0. The average molecular weight is 351 g/mol. The van der Waals surface area contributed by atoms with E-state index in [4.69, 9.17) is 5.11 Å². The Balaban J connectivity index is 1.80. The third-order valence-electron chi connectivity index (χ3n) is 3.81. The van der Waals surface area contributed by atoms with Crippen molar-refractivity contribution in [2.45, 2.75) is 0 Å². The third-order valence-corrected chi connectivity index (χ3v) is 3.81. The van der Waals surface area contributed by atoms with Crippen molar-refractivity contribution in [3.05, 3.63) is 71.9 Å². The van der Waals surface area contributed by atoms with E-state index in [1.807, 2.05) is 18.2 Å². The minimum absolute atomic E-state index is 0.0587. The van der Waals surface area contributed by atoms with Crippen LogP contribution in [-0.4, -0.2) is 40.9 Å². The number of hydrogen-bond acceptors (Lipinski definition) is 5. The number of rotatable bonds is 6. The molecule has 1 aliphatic rings. The van der Waals surface area contributed by atoms with Gasteiger partial charge in [0.1, 0.15) is 5.70 Å². The molecule has 3 rings (SSSR count). The molecule has 3 amide bonds. The van der Waals surface area contributed by atoms with Crippen molar-refractivity contribution in [2.24, 2.45) is 0 Å². The van der Waals surface area contributed by atoms with Crippen LogP contribution in [0.15, 0.2) is 66.4 Å². The van der Waals surface area contributed by atoms with E-state index in [1.165, 1.54) is 0 Å². The first-order valence-corrected chi connectivity index (χ1v) is 8.01. The molecule has 26 heavy (non-hydrogen) atoms. The number of hydrogen-bond donors (Lipinski definition) is 3. The van der Waals surface area contributed by atoms with Gasteiger partial charge in [0.2, 0.25) is 0 Å². The molecule has 0 saturated carbocycles. The number of benzene rings is 2. The molecule has 0 unspecified atom stereocenters. The van der Waals surface area contributed by atoms with Gasteiger partial charge in [0, 0.05) is 11.8 Å². The molecule has 1 heterocycles. The van der Waals surface area contributed by atoms with Crippen molar-refractivity contribution >= 4 is 29.1 Å². The largest absolute Gasteiger partial charge is 0.395 e. The quantitative estimate of drug-likeness (QED) is 0.687. The third kappa shape index (κ3) is 3.62. The molecule has 0 radical (unpaired) electrons. The van der Waals surface area contributed by atoms with Crippen LogP contribution in [0, 0.1) is 0 Å². The number of imide groups is 1. The fourth-order valence-corrected chi connectivity index (χ4v) is 2.57. The van der Waals surface area contributed by atoms with Crippen molar-refractivity contribution in [3.63, 3.8) is 0 Å². The number of aliphatic hydroxyl groups excluding tert-OH is 1. The van der Waals surface area contributed by atoms with Gasteiger partial charge in [0.15, 0.2) is 0 Å². The number of anilines is 2. The first-order chi connectivity index (χ1) is 12.6. The van der Waals surface area contributed by atoms with E-state index >= 15 is 0 Å². The number of amides is 3. The van der Waals surface area contributed by atoms with Crippen LogP contribution in [0.4, 0.5) is 11.4 Å². The molecule has 7 heteroatoms.